The number of likely N-dealkylation sites (tertiary alicyclic amines) is 1. The molecular formula is C22H18F3N5O3. The normalized spacial score (nSPS) is 18.1. The summed E-state index contributed by atoms with van der Waals surface area (Å²) in [6.07, 6.45) is -3.32. The fourth-order valence-electron chi connectivity index (χ4n) is 3.60. The van der Waals surface area contributed by atoms with Crippen molar-refractivity contribution in [3.8, 4) is 17.9 Å². The molecule has 1 aromatic carbocycles. The summed E-state index contributed by atoms with van der Waals surface area (Å²) in [5.41, 5.74) is -0.149. The highest BCUT2D eigenvalue weighted by Crippen LogP contribution is 2.27. The van der Waals surface area contributed by atoms with Crippen LogP contribution in [0, 0.1) is 28.6 Å². The van der Waals surface area contributed by atoms with Gasteiger partial charge in [0.2, 0.25) is 0 Å². The lowest BCUT2D eigenvalue weighted by atomic mass is 9.93. The van der Waals surface area contributed by atoms with E-state index in [4.69, 9.17) is 10.5 Å². The van der Waals surface area contributed by atoms with Crippen LogP contribution in [0.3, 0.4) is 0 Å². The third-order valence-corrected chi connectivity index (χ3v) is 5.23. The largest absolute Gasteiger partial charge is 0.573 e. The van der Waals surface area contributed by atoms with Gasteiger partial charge < -0.3 is 15.0 Å². The predicted molar refractivity (Wildman–Crippen MR) is 108 cm³/mol. The number of pyridine rings is 1. The van der Waals surface area contributed by atoms with E-state index in [1.54, 1.807) is 13.0 Å². The number of rotatable bonds is 4. The zero-order valence-electron chi connectivity index (χ0n) is 17.4. The molecule has 1 fully saturated rings. The minimum Gasteiger partial charge on any atom is -0.405 e. The number of piperidine rings is 1. The lowest BCUT2D eigenvalue weighted by Crippen LogP contribution is -2.51. The Bertz CT molecular complexity index is 1150. The summed E-state index contributed by atoms with van der Waals surface area (Å²) in [4.78, 5) is 30.8. The number of benzene rings is 1. The van der Waals surface area contributed by atoms with Crippen molar-refractivity contribution in [1.29, 1.82) is 10.5 Å². The molecule has 0 aliphatic carbocycles. The van der Waals surface area contributed by atoms with E-state index >= 15 is 0 Å². The number of alkyl halides is 3. The van der Waals surface area contributed by atoms with Gasteiger partial charge >= 0.3 is 6.36 Å². The predicted octanol–water partition coefficient (Wildman–Crippen LogP) is 3.00. The fourth-order valence-corrected chi connectivity index (χ4v) is 3.60. The summed E-state index contributed by atoms with van der Waals surface area (Å²) >= 11 is 0. The van der Waals surface area contributed by atoms with Crippen LogP contribution in [0.1, 0.15) is 45.3 Å². The molecule has 0 spiro atoms. The number of ether oxygens (including phenoxy) is 1. The number of aromatic nitrogens is 1. The van der Waals surface area contributed by atoms with E-state index in [0.29, 0.717) is 6.42 Å². The molecule has 2 heterocycles. The first kappa shape index (κ1) is 23.5. The minimum absolute atomic E-state index is 0.00158. The van der Waals surface area contributed by atoms with E-state index in [0.717, 1.165) is 6.07 Å². The van der Waals surface area contributed by atoms with Crippen LogP contribution in [0.2, 0.25) is 0 Å². The molecule has 1 aliphatic rings. The standard InChI is InChI=1S/C22H18F3N5O3/c1-13-12-30(21(32)15-8-14(9-26)18(10-27)28-11-15)7-6-17(13)29-20(31)16-4-2-3-5-19(16)33-22(23,24)25/h2-5,8,11,13,17H,6-7,12H2,1H3,(H,29,31)/t13-,17+/m0/s1. The second-order valence-corrected chi connectivity index (χ2v) is 7.48. The third-order valence-electron chi connectivity index (χ3n) is 5.23. The smallest absolute Gasteiger partial charge is 0.405 e. The fraction of sp³-hybridized carbons (Fsp3) is 0.318. The summed E-state index contributed by atoms with van der Waals surface area (Å²) in [7, 11) is 0. The molecular weight excluding hydrogens is 439 g/mol. The maximum atomic E-state index is 12.8. The zero-order valence-corrected chi connectivity index (χ0v) is 17.4. The maximum absolute atomic E-state index is 12.8. The molecule has 0 saturated carbocycles. The topological polar surface area (TPSA) is 119 Å². The van der Waals surface area contributed by atoms with Crippen LogP contribution < -0.4 is 10.1 Å². The van der Waals surface area contributed by atoms with Gasteiger partial charge in [0.05, 0.1) is 16.7 Å². The van der Waals surface area contributed by atoms with Crippen molar-refractivity contribution >= 4 is 11.8 Å². The van der Waals surface area contributed by atoms with E-state index in [-0.39, 0.29) is 53.3 Å². The van der Waals surface area contributed by atoms with E-state index in [1.165, 1.54) is 35.4 Å². The number of halogens is 3. The highest BCUT2D eigenvalue weighted by Gasteiger charge is 2.34. The van der Waals surface area contributed by atoms with Crippen LogP contribution in [0.15, 0.2) is 36.5 Å². The van der Waals surface area contributed by atoms with Crippen LogP contribution >= 0.6 is 0 Å². The van der Waals surface area contributed by atoms with Crippen molar-refractivity contribution in [2.24, 2.45) is 5.92 Å². The summed E-state index contributed by atoms with van der Waals surface area (Å²) in [6, 6.07) is 9.62. The number of nitrogens with one attached hydrogen (secondary N) is 1. The summed E-state index contributed by atoms with van der Waals surface area (Å²) < 4.78 is 41.8. The molecule has 1 N–H and O–H groups in total. The van der Waals surface area contributed by atoms with Crippen molar-refractivity contribution in [2.75, 3.05) is 13.1 Å². The maximum Gasteiger partial charge on any atom is 0.573 e. The van der Waals surface area contributed by atoms with E-state index in [2.05, 4.69) is 15.0 Å². The molecule has 1 aromatic heterocycles. The summed E-state index contributed by atoms with van der Waals surface area (Å²) in [6.45, 7) is 2.35. The molecule has 1 saturated heterocycles. The average molecular weight is 457 g/mol. The van der Waals surface area contributed by atoms with E-state index in [9.17, 15) is 22.8 Å². The first-order valence-electron chi connectivity index (χ1n) is 9.88. The molecule has 3 rings (SSSR count). The van der Waals surface area contributed by atoms with Crippen molar-refractivity contribution in [1.82, 2.24) is 15.2 Å². The molecule has 170 valence electrons. The van der Waals surface area contributed by atoms with Gasteiger partial charge in [0.25, 0.3) is 11.8 Å². The number of nitrogens with zero attached hydrogens (tertiary/aromatic N) is 4. The van der Waals surface area contributed by atoms with Crippen molar-refractivity contribution in [3.63, 3.8) is 0 Å². The number of hydrogen-bond donors (Lipinski definition) is 1. The molecule has 1 aliphatic heterocycles. The number of hydrogen-bond acceptors (Lipinski definition) is 6. The monoisotopic (exact) mass is 457 g/mol. The second kappa shape index (κ2) is 9.57. The quantitative estimate of drug-likeness (QED) is 0.754. The van der Waals surface area contributed by atoms with Crippen LogP contribution in [0.4, 0.5) is 13.2 Å². The summed E-state index contributed by atoms with van der Waals surface area (Å²) in [5, 5.41) is 20.8. The highest BCUT2D eigenvalue weighted by molar-refractivity contribution is 5.97. The molecule has 0 unspecified atom stereocenters. The van der Waals surface area contributed by atoms with Crippen LogP contribution in [-0.2, 0) is 0 Å². The molecule has 0 radical (unpaired) electrons. The van der Waals surface area contributed by atoms with Crippen molar-refractivity contribution < 1.29 is 27.5 Å². The van der Waals surface area contributed by atoms with E-state index in [1.807, 2.05) is 6.07 Å². The Kier molecular flexibility index (Phi) is 6.83. The number of nitriles is 2. The Morgan fingerprint density at radius 3 is 2.61 bits per heavy atom. The lowest BCUT2D eigenvalue weighted by Gasteiger charge is -2.37. The van der Waals surface area contributed by atoms with Gasteiger partial charge in [-0.2, -0.15) is 10.5 Å². The molecule has 0 bridgehead atoms. The van der Waals surface area contributed by atoms with Gasteiger partial charge in [-0.1, -0.05) is 19.1 Å². The van der Waals surface area contributed by atoms with Crippen LogP contribution in [-0.4, -0.2) is 47.2 Å². The molecule has 11 heteroatoms. The van der Waals surface area contributed by atoms with Crippen LogP contribution in [0.5, 0.6) is 5.75 Å². The number of amides is 2. The zero-order chi connectivity index (χ0) is 24.2. The summed E-state index contributed by atoms with van der Waals surface area (Å²) in [5.74, 6) is -1.88. The molecule has 2 atom stereocenters. The SMILES string of the molecule is C[C@H]1CN(C(=O)c2cnc(C#N)c(C#N)c2)CC[C@H]1NC(=O)c1ccccc1OC(F)(F)F. The van der Waals surface area contributed by atoms with E-state index < -0.39 is 18.0 Å². The van der Waals surface area contributed by atoms with Gasteiger partial charge in [-0.25, -0.2) is 4.98 Å². The number of carbonyl (C=O) groups excluding carboxylic acids is 2. The first-order valence-corrected chi connectivity index (χ1v) is 9.88. The van der Waals surface area contributed by atoms with Gasteiger partial charge in [-0.3, -0.25) is 9.59 Å². The Labute approximate surface area is 187 Å². The third kappa shape index (κ3) is 5.57. The van der Waals surface area contributed by atoms with Gasteiger partial charge in [0.1, 0.15) is 17.9 Å². The number of carbonyl (C=O) groups is 2. The molecule has 2 aromatic rings. The van der Waals surface area contributed by atoms with Gasteiger partial charge in [-0.05, 0) is 30.5 Å². The first-order chi connectivity index (χ1) is 15.6. The molecule has 33 heavy (non-hydrogen) atoms. The van der Waals surface area contributed by atoms with Crippen molar-refractivity contribution in [3.05, 3.63) is 58.9 Å². The molecule has 8 nitrogen and oxygen atoms in total. The lowest BCUT2D eigenvalue weighted by molar-refractivity contribution is -0.274. The number of para-hydroxylation sites is 1. The highest BCUT2D eigenvalue weighted by atomic mass is 19.4. The Morgan fingerprint density at radius 2 is 1.97 bits per heavy atom. The Morgan fingerprint density at radius 1 is 1.24 bits per heavy atom. The van der Waals surface area contributed by atoms with Gasteiger partial charge in [0, 0.05) is 25.3 Å². The average Bonchev–Trinajstić information content (AvgIpc) is 2.78. The minimum atomic E-state index is -4.93. The Balaban J connectivity index is 1.67. The van der Waals surface area contributed by atoms with Crippen LogP contribution in [0.25, 0.3) is 0 Å². The van der Waals surface area contributed by atoms with Gasteiger partial charge in [0.15, 0.2) is 5.69 Å². The van der Waals surface area contributed by atoms with Gasteiger partial charge in [-0.15, -0.1) is 13.2 Å². The Hall–Kier alpha value is -4.12. The molecule has 2 amide bonds. The second-order valence-electron chi connectivity index (χ2n) is 7.48. The van der Waals surface area contributed by atoms with Crippen molar-refractivity contribution in [2.45, 2.75) is 25.7 Å².